The van der Waals surface area contributed by atoms with E-state index in [0.29, 0.717) is 24.5 Å². The van der Waals surface area contributed by atoms with E-state index in [4.69, 9.17) is 0 Å². The minimum atomic E-state index is -0.568. The standard InChI is InChI=1S/C17H24O3/c18-12(9-11-3-1-2-4-11)5-6-13-15-10-17(20)14(15)7-8-16(13)19/h11-16,18-19H,1-4,7-10H2/t12-,13?,14-,15+,16?/m1/s1. The van der Waals surface area contributed by atoms with Crippen molar-refractivity contribution in [1.82, 2.24) is 0 Å². The molecule has 0 aromatic rings. The van der Waals surface area contributed by atoms with E-state index in [1.165, 1.54) is 25.7 Å². The van der Waals surface area contributed by atoms with Crippen LogP contribution < -0.4 is 0 Å². The molecule has 3 heteroatoms. The lowest BCUT2D eigenvalue weighted by Gasteiger charge is -2.44. The van der Waals surface area contributed by atoms with Crippen molar-refractivity contribution in [2.45, 2.75) is 63.6 Å². The molecule has 0 heterocycles. The van der Waals surface area contributed by atoms with Crippen LogP contribution in [0.25, 0.3) is 0 Å². The van der Waals surface area contributed by atoms with E-state index >= 15 is 0 Å². The largest absolute Gasteiger partial charge is 0.392 e. The zero-order chi connectivity index (χ0) is 14.1. The zero-order valence-corrected chi connectivity index (χ0v) is 11.9. The molecule has 0 bridgehead atoms. The van der Waals surface area contributed by atoms with Crippen LogP contribution in [0.15, 0.2) is 0 Å². The van der Waals surface area contributed by atoms with Gasteiger partial charge in [0.2, 0.25) is 0 Å². The predicted octanol–water partition coefficient (Wildman–Crippen LogP) is 1.91. The molecule has 3 fully saturated rings. The Bertz CT molecular complexity index is 427. The van der Waals surface area contributed by atoms with Crippen LogP contribution in [0.1, 0.15) is 51.4 Å². The number of rotatable bonds is 2. The Kier molecular flexibility index (Phi) is 4.14. The van der Waals surface area contributed by atoms with Crippen molar-refractivity contribution in [2.75, 3.05) is 0 Å². The molecule has 0 aromatic carbocycles. The molecule has 20 heavy (non-hydrogen) atoms. The van der Waals surface area contributed by atoms with Gasteiger partial charge in [0.05, 0.1) is 12.0 Å². The topological polar surface area (TPSA) is 57.5 Å². The molecule has 3 aliphatic rings. The summed E-state index contributed by atoms with van der Waals surface area (Å²) in [5.74, 6) is 7.25. The van der Waals surface area contributed by atoms with Crippen LogP contribution in [-0.2, 0) is 4.79 Å². The van der Waals surface area contributed by atoms with Gasteiger partial charge in [0.1, 0.15) is 11.9 Å². The lowest BCUT2D eigenvalue weighted by atomic mass is 9.59. The fourth-order valence-electron chi connectivity index (χ4n) is 4.19. The maximum absolute atomic E-state index is 11.5. The van der Waals surface area contributed by atoms with Crippen LogP contribution in [0.3, 0.4) is 0 Å². The second-order valence-electron chi connectivity index (χ2n) is 6.80. The van der Waals surface area contributed by atoms with Crippen LogP contribution in [0.5, 0.6) is 0 Å². The van der Waals surface area contributed by atoms with Crippen molar-refractivity contribution in [2.24, 2.45) is 23.7 Å². The molecule has 3 aliphatic carbocycles. The van der Waals surface area contributed by atoms with Gasteiger partial charge in [0.15, 0.2) is 0 Å². The minimum Gasteiger partial charge on any atom is -0.392 e. The fourth-order valence-corrected chi connectivity index (χ4v) is 4.19. The predicted molar refractivity (Wildman–Crippen MR) is 75.7 cm³/mol. The number of hydrogen-bond acceptors (Lipinski definition) is 3. The van der Waals surface area contributed by atoms with E-state index in [-0.39, 0.29) is 17.8 Å². The molecule has 2 unspecified atom stereocenters. The highest BCUT2D eigenvalue weighted by molar-refractivity contribution is 5.87. The highest BCUT2D eigenvalue weighted by atomic mass is 16.3. The average Bonchev–Trinajstić information content (AvgIpc) is 2.89. The molecule has 110 valence electrons. The van der Waals surface area contributed by atoms with E-state index < -0.39 is 12.2 Å². The first-order chi connectivity index (χ1) is 9.65. The summed E-state index contributed by atoms with van der Waals surface area (Å²) in [5, 5.41) is 20.1. The van der Waals surface area contributed by atoms with Gasteiger partial charge >= 0.3 is 0 Å². The summed E-state index contributed by atoms with van der Waals surface area (Å²) in [4.78, 5) is 11.5. The van der Waals surface area contributed by atoms with Crippen molar-refractivity contribution >= 4 is 5.78 Å². The number of aliphatic hydroxyl groups is 2. The van der Waals surface area contributed by atoms with Crippen molar-refractivity contribution in [3.05, 3.63) is 0 Å². The molecule has 2 N–H and O–H groups in total. The van der Waals surface area contributed by atoms with Crippen molar-refractivity contribution in [3.63, 3.8) is 0 Å². The highest BCUT2D eigenvalue weighted by Gasteiger charge is 2.48. The second-order valence-corrected chi connectivity index (χ2v) is 6.80. The van der Waals surface area contributed by atoms with Gasteiger partial charge < -0.3 is 10.2 Å². The first kappa shape index (κ1) is 14.1. The molecule has 0 aliphatic heterocycles. The van der Waals surface area contributed by atoms with Gasteiger partial charge in [-0.15, -0.1) is 0 Å². The summed E-state index contributed by atoms with van der Waals surface area (Å²) >= 11 is 0. The van der Waals surface area contributed by atoms with Crippen LogP contribution in [0, 0.1) is 35.5 Å². The average molecular weight is 276 g/mol. The first-order valence-corrected chi connectivity index (χ1v) is 8.05. The van der Waals surface area contributed by atoms with Crippen LogP contribution >= 0.6 is 0 Å². The van der Waals surface area contributed by atoms with Gasteiger partial charge in [-0.2, -0.15) is 0 Å². The van der Waals surface area contributed by atoms with Gasteiger partial charge in [-0.25, -0.2) is 0 Å². The van der Waals surface area contributed by atoms with E-state index in [0.717, 1.165) is 12.8 Å². The minimum absolute atomic E-state index is 0.107. The number of fused-ring (bicyclic) bond motifs is 1. The lowest BCUT2D eigenvalue weighted by Crippen LogP contribution is -2.49. The Balaban J connectivity index is 1.58. The third-order valence-corrected chi connectivity index (χ3v) is 5.46. The summed E-state index contributed by atoms with van der Waals surface area (Å²) in [5.41, 5.74) is 0. The number of Topliss-reactive ketones (excluding diaryl/α,β-unsaturated/α-hetero) is 1. The van der Waals surface area contributed by atoms with Crippen LogP contribution in [0.4, 0.5) is 0 Å². The van der Waals surface area contributed by atoms with Crippen molar-refractivity contribution in [1.29, 1.82) is 0 Å². The Morgan fingerprint density at radius 2 is 1.95 bits per heavy atom. The Labute approximate surface area is 120 Å². The third kappa shape index (κ3) is 2.77. The summed E-state index contributed by atoms with van der Waals surface area (Å²) < 4.78 is 0. The quantitative estimate of drug-likeness (QED) is 0.757. The molecule has 3 rings (SSSR count). The highest BCUT2D eigenvalue weighted by Crippen LogP contribution is 2.45. The molecule has 3 nitrogen and oxygen atoms in total. The maximum Gasteiger partial charge on any atom is 0.136 e. The maximum atomic E-state index is 11.5. The van der Waals surface area contributed by atoms with Crippen LogP contribution in [-0.4, -0.2) is 28.2 Å². The molecular formula is C17H24O3. The molecule has 0 radical (unpaired) electrons. The van der Waals surface area contributed by atoms with Crippen molar-refractivity contribution in [3.8, 4) is 11.8 Å². The molecular weight excluding hydrogens is 252 g/mol. The van der Waals surface area contributed by atoms with E-state index in [1.54, 1.807) is 0 Å². The smallest absolute Gasteiger partial charge is 0.136 e. The van der Waals surface area contributed by atoms with Gasteiger partial charge in [-0.1, -0.05) is 37.5 Å². The number of carbonyl (C=O) groups excluding carboxylic acids is 1. The Morgan fingerprint density at radius 3 is 2.65 bits per heavy atom. The SMILES string of the molecule is O=C1C[C@H]2C(C#C[C@@H](O)CC3CCCC3)C(O)CC[C@@H]12. The molecule has 0 aromatic heterocycles. The monoisotopic (exact) mass is 276 g/mol. The van der Waals surface area contributed by atoms with E-state index in [2.05, 4.69) is 11.8 Å². The number of hydrogen-bond donors (Lipinski definition) is 2. The molecule has 5 atom stereocenters. The molecule has 0 spiro atoms. The number of aliphatic hydroxyl groups excluding tert-OH is 2. The van der Waals surface area contributed by atoms with Crippen LogP contribution in [0.2, 0.25) is 0 Å². The summed E-state index contributed by atoms with van der Waals surface area (Å²) in [6.45, 7) is 0. The molecule has 0 saturated heterocycles. The van der Waals surface area contributed by atoms with E-state index in [1.807, 2.05) is 0 Å². The number of ketones is 1. The fraction of sp³-hybridized carbons (Fsp3) is 0.824. The van der Waals surface area contributed by atoms with Gasteiger partial charge in [0.25, 0.3) is 0 Å². The summed E-state index contributed by atoms with van der Waals surface area (Å²) in [6, 6.07) is 0. The summed E-state index contributed by atoms with van der Waals surface area (Å²) in [6.07, 6.45) is 6.81. The summed E-state index contributed by atoms with van der Waals surface area (Å²) in [7, 11) is 0. The lowest BCUT2D eigenvalue weighted by molar-refractivity contribution is -0.141. The van der Waals surface area contributed by atoms with Crippen molar-refractivity contribution < 1.29 is 15.0 Å². The third-order valence-electron chi connectivity index (χ3n) is 5.46. The normalized spacial score (nSPS) is 38.6. The Morgan fingerprint density at radius 1 is 1.20 bits per heavy atom. The zero-order valence-electron chi connectivity index (χ0n) is 11.9. The van der Waals surface area contributed by atoms with E-state index in [9.17, 15) is 15.0 Å². The second kappa shape index (κ2) is 5.87. The first-order valence-electron chi connectivity index (χ1n) is 8.05. The van der Waals surface area contributed by atoms with Gasteiger partial charge in [0, 0.05) is 12.3 Å². The van der Waals surface area contributed by atoms with Gasteiger partial charge in [-0.3, -0.25) is 4.79 Å². The van der Waals surface area contributed by atoms with Gasteiger partial charge in [-0.05, 0) is 31.1 Å². The Hall–Kier alpha value is -0.850. The molecule has 0 amide bonds. The number of carbonyl (C=O) groups is 1. The molecule has 3 saturated carbocycles.